The molecule has 1 amide bonds. The molecule has 0 fully saturated rings. The summed E-state index contributed by atoms with van der Waals surface area (Å²) in [5, 5.41) is 2.50. The van der Waals surface area contributed by atoms with E-state index in [2.05, 4.69) is 5.32 Å². The second-order valence-electron chi connectivity index (χ2n) is 3.43. The van der Waals surface area contributed by atoms with E-state index < -0.39 is 17.5 Å². The fourth-order valence-corrected chi connectivity index (χ4v) is 1.29. The van der Waals surface area contributed by atoms with Gasteiger partial charge < -0.3 is 10.1 Å². The average molecular weight is 243 g/mol. The van der Waals surface area contributed by atoms with Gasteiger partial charge in [-0.1, -0.05) is 0 Å². The van der Waals surface area contributed by atoms with Crippen LogP contribution in [-0.2, 0) is 4.74 Å². The molecule has 1 N–H and O–H groups in total. The molecule has 0 saturated carbocycles. The lowest BCUT2D eigenvalue weighted by Gasteiger charge is -2.06. The number of rotatable bonds is 6. The predicted octanol–water partition coefficient (Wildman–Crippen LogP) is 2.12. The third-order valence-corrected chi connectivity index (χ3v) is 2.13. The summed E-state index contributed by atoms with van der Waals surface area (Å²) in [5.41, 5.74) is -0.276. The highest BCUT2D eigenvalue weighted by molar-refractivity contribution is 5.94. The van der Waals surface area contributed by atoms with Gasteiger partial charge in [-0.05, 0) is 31.5 Å². The Morgan fingerprint density at radius 2 is 2.18 bits per heavy atom. The van der Waals surface area contributed by atoms with Crippen LogP contribution in [0.2, 0.25) is 0 Å². The van der Waals surface area contributed by atoms with E-state index in [1.165, 1.54) is 0 Å². The Hall–Kier alpha value is -1.49. The molecule has 1 aromatic carbocycles. The molecule has 0 spiro atoms. The zero-order valence-corrected chi connectivity index (χ0v) is 9.63. The van der Waals surface area contributed by atoms with Gasteiger partial charge in [-0.15, -0.1) is 0 Å². The van der Waals surface area contributed by atoms with E-state index in [1.54, 1.807) is 0 Å². The van der Waals surface area contributed by atoms with E-state index >= 15 is 0 Å². The van der Waals surface area contributed by atoms with Crippen molar-refractivity contribution in [2.45, 2.75) is 13.3 Å². The number of ether oxygens (including phenoxy) is 1. The van der Waals surface area contributed by atoms with Crippen molar-refractivity contribution in [1.29, 1.82) is 0 Å². The predicted molar refractivity (Wildman–Crippen MR) is 59.8 cm³/mol. The molecule has 0 bridgehead atoms. The zero-order valence-electron chi connectivity index (χ0n) is 9.63. The summed E-state index contributed by atoms with van der Waals surface area (Å²) < 4.78 is 31.1. The molecule has 0 aliphatic rings. The lowest BCUT2D eigenvalue weighted by Crippen LogP contribution is -2.26. The highest BCUT2D eigenvalue weighted by Crippen LogP contribution is 2.09. The quantitative estimate of drug-likeness (QED) is 0.777. The first-order valence-corrected chi connectivity index (χ1v) is 5.46. The van der Waals surface area contributed by atoms with E-state index in [9.17, 15) is 13.6 Å². The summed E-state index contributed by atoms with van der Waals surface area (Å²) in [6.07, 6.45) is 0.635. The van der Waals surface area contributed by atoms with Crippen LogP contribution in [0, 0.1) is 11.6 Å². The Morgan fingerprint density at radius 1 is 1.41 bits per heavy atom. The summed E-state index contributed by atoms with van der Waals surface area (Å²) in [6, 6.07) is 2.79. The van der Waals surface area contributed by atoms with Gasteiger partial charge in [-0.2, -0.15) is 0 Å². The maximum atomic E-state index is 13.2. The molecule has 0 radical (unpaired) electrons. The largest absolute Gasteiger partial charge is 0.382 e. The highest BCUT2D eigenvalue weighted by atomic mass is 19.1. The summed E-state index contributed by atoms with van der Waals surface area (Å²) in [4.78, 5) is 11.5. The molecule has 3 nitrogen and oxygen atoms in total. The molecule has 1 rings (SSSR count). The molecule has 0 unspecified atom stereocenters. The monoisotopic (exact) mass is 243 g/mol. The lowest BCUT2D eigenvalue weighted by molar-refractivity contribution is 0.0940. The normalized spacial score (nSPS) is 10.3. The Labute approximate surface area is 98.8 Å². The average Bonchev–Trinajstić information content (AvgIpc) is 2.32. The summed E-state index contributed by atoms with van der Waals surface area (Å²) in [7, 11) is 0. The lowest BCUT2D eigenvalue weighted by atomic mass is 10.2. The molecule has 0 aliphatic carbocycles. The summed E-state index contributed by atoms with van der Waals surface area (Å²) >= 11 is 0. The van der Waals surface area contributed by atoms with Gasteiger partial charge in [0, 0.05) is 19.8 Å². The van der Waals surface area contributed by atoms with Crippen molar-refractivity contribution in [3.05, 3.63) is 35.4 Å². The van der Waals surface area contributed by atoms with Gasteiger partial charge in [0.25, 0.3) is 5.91 Å². The second kappa shape index (κ2) is 6.96. The smallest absolute Gasteiger partial charge is 0.254 e. The molecular weight excluding hydrogens is 228 g/mol. The summed E-state index contributed by atoms with van der Waals surface area (Å²) in [6.45, 7) is 3.39. The molecule has 94 valence electrons. The Morgan fingerprint density at radius 3 is 2.88 bits per heavy atom. The van der Waals surface area contributed by atoms with Crippen LogP contribution in [-0.4, -0.2) is 25.7 Å². The van der Waals surface area contributed by atoms with Gasteiger partial charge in [0.2, 0.25) is 0 Å². The minimum atomic E-state index is -0.728. The minimum Gasteiger partial charge on any atom is -0.382 e. The molecule has 0 aromatic heterocycles. The van der Waals surface area contributed by atoms with Crippen molar-refractivity contribution in [2.75, 3.05) is 19.8 Å². The van der Waals surface area contributed by atoms with Crippen molar-refractivity contribution in [2.24, 2.45) is 0 Å². The Kier molecular flexibility index (Phi) is 5.56. The number of benzene rings is 1. The first-order chi connectivity index (χ1) is 8.15. The number of hydrogen-bond donors (Lipinski definition) is 1. The van der Waals surface area contributed by atoms with Crippen LogP contribution in [0.25, 0.3) is 0 Å². The van der Waals surface area contributed by atoms with E-state index in [0.29, 0.717) is 26.2 Å². The summed E-state index contributed by atoms with van der Waals surface area (Å²) in [5.74, 6) is -1.97. The maximum absolute atomic E-state index is 13.2. The zero-order chi connectivity index (χ0) is 12.7. The van der Waals surface area contributed by atoms with Crippen molar-refractivity contribution in [3.8, 4) is 0 Å². The van der Waals surface area contributed by atoms with Gasteiger partial charge in [0.15, 0.2) is 0 Å². The van der Waals surface area contributed by atoms with Crippen LogP contribution in [0.5, 0.6) is 0 Å². The van der Waals surface area contributed by atoms with Gasteiger partial charge in [0.1, 0.15) is 11.6 Å². The van der Waals surface area contributed by atoms with Crippen LogP contribution in [0.15, 0.2) is 18.2 Å². The number of carbonyl (C=O) groups is 1. The molecule has 0 saturated heterocycles. The SMILES string of the molecule is CCOCCCNC(=O)c1cc(F)ccc1F. The van der Waals surface area contributed by atoms with Crippen molar-refractivity contribution in [1.82, 2.24) is 5.32 Å². The molecule has 0 heterocycles. The molecule has 1 aromatic rings. The highest BCUT2D eigenvalue weighted by Gasteiger charge is 2.11. The van der Waals surface area contributed by atoms with Crippen LogP contribution in [0.1, 0.15) is 23.7 Å². The number of hydrogen-bond acceptors (Lipinski definition) is 2. The number of nitrogens with one attached hydrogen (secondary N) is 1. The first-order valence-electron chi connectivity index (χ1n) is 5.46. The van der Waals surface area contributed by atoms with Gasteiger partial charge in [0.05, 0.1) is 5.56 Å². The third kappa shape index (κ3) is 4.48. The molecule has 0 atom stereocenters. The standard InChI is InChI=1S/C12H15F2NO2/c1-2-17-7-3-6-15-12(16)10-8-9(13)4-5-11(10)14/h4-5,8H,2-3,6-7H2,1H3,(H,15,16). The van der Waals surface area contributed by atoms with E-state index in [1.807, 2.05) is 6.92 Å². The fourth-order valence-electron chi connectivity index (χ4n) is 1.29. The van der Waals surface area contributed by atoms with Crippen molar-refractivity contribution in [3.63, 3.8) is 0 Å². The minimum absolute atomic E-state index is 0.276. The Balaban J connectivity index is 2.44. The maximum Gasteiger partial charge on any atom is 0.254 e. The topological polar surface area (TPSA) is 38.3 Å². The van der Waals surface area contributed by atoms with Crippen LogP contribution >= 0.6 is 0 Å². The molecule has 17 heavy (non-hydrogen) atoms. The Bertz CT molecular complexity index is 383. The number of amides is 1. The number of carbonyl (C=O) groups excluding carboxylic acids is 1. The molecule has 0 aliphatic heterocycles. The van der Waals surface area contributed by atoms with E-state index in [0.717, 1.165) is 18.2 Å². The van der Waals surface area contributed by atoms with E-state index in [4.69, 9.17) is 4.74 Å². The molecular formula is C12H15F2NO2. The van der Waals surface area contributed by atoms with Crippen molar-refractivity contribution < 1.29 is 18.3 Å². The van der Waals surface area contributed by atoms with Gasteiger partial charge >= 0.3 is 0 Å². The van der Waals surface area contributed by atoms with Crippen LogP contribution < -0.4 is 5.32 Å². The van der Waals surface area contributed by atoms with Crippen molar-refractivity contribution >= 4 is 5.91 Å². The van der Waals surface area contributed by atoms with Gasteiger partial charge in [-0.3, -0.25) is 4.79 Å². The first kappa shape index (κ1) is 13.6. The van der Waals surface area contributed by atoms with Crippen LogP contribution in [0.4, 0.5) is 8.78 Å². The van der Waals surface area contributed by atoms with E-state index in [-0.39, 0.29) is 5.56 Å². The molecule has 5 heteroatoms. The van der Waals surface area contributed by atoms with Gasteiger partial charge in [-0.25, -0.2) is 8.78 Å². The number of halogens is 2. The second-order valence-corrected chi connectivity index (χ2v) is 3.43. The van der Waals surface area contributed by atoms with Crippen LogP contribution in [0.3, 0.4) is 0 Å². The fraction of sp³-hybridized carbons (Fsp3) is 0.417. The third-order valence-electron chi connectivity index (χ3n) is 2.13.